The van der Waals surface area contributed by atoms with Crippen LogP contribution in [0.1, 0.15) is 28.9 Å². The number of H-pyrrole nitrogens is 1. The van der Waals surface area contributed by atoms with Gasteiger partial charge >= 0.3 is 6.18 Å². The SMILES string of the molecule is COc1c(Cl)cccc1Nc1c(-c2ccncc2OC[C@@H]2CCCO2)[nH]c2c1C(=O)N[C@H](C(F)(F)F)C2. The Hall–Kier alpha value is -3.44. The Balaban J connectivity index is 1.60. The molecule has 5 rings (SSSR count). The van der Waals surface area contributed by atoms with E-state index in [1.54, 1.807) is 24.3 Å². The van der Waals surface area contributed by atoms with Crippen LogP contribution in [0.5, 0.6) is 11.5 Å². The number of anilines is 2. The number of nitrogens with one attached hydrogen (secondary N) is 3. The summed E-state index contributed by atoms with van der Waals surface area (Å²) < 4.78 is 57.6. The lowest BCUT2D eigenvalue weighted by atomic mass is 10.00. The van der Waals surface area contributed by atoms with Crippen molar-refractivity contribution in [1.82, 2.24) is 15.3 Å². The number of carbonyl (C=O) groups excluding carboxylic acids is 1. The number of aromatic nitrogens is 2. The van der Waals surface area contributed by atoms with E-state index in [-0.39, 0.29) is 23.0 Å². The minimum atomic E-state index is -4.60. The third-order valence-electron chi connectivity index (χ3n) is 6.35. The van der Waals surface area contributed by atoms with Crippen LogP contribution in [-0.2, 0) is 11.2 Å². The molecule has 196 valence electrons. The predicted octanol–water partition coefficient (Wildman–Crippen LogP) is 5.26. The topological polar surface area (TPSA) is 97.5 Å². The van der Waals surface area contributed by atoms with Gasteiger partial charge in [-0.2, -0.15) is 13.2 Å². The van der Waals surface area contributed by atoms with Gasteiger partial charge in [0.25, 0.3) is 5.91 Å². The maximum absolute atomic E-state index is 13.5. The highest BCUT2D eigenvalue weighted by molar-refractivity contribution is 6.32. The number of alkyl halides is 3. The van der Waals surface area contributed by atoms with Crippen LogP contribution in [0.3, 0.4) is 0 Å². The van der Waals surface area contributed by atoms with Crippen molar-refractivity contribution in [2.24, 2.45) is 0 Å². The molecule has 0 spiro atoms. The second-order valence-corrected chi connectivity index (χ2v) is 9.17. The molecule has 1 aromatic carbocycles. The monoisotopic (exact) mass is 536 g/mol. The number of fused-ring (bicyclic) bond motifs is 1. The van der Waals surface area contributed by atoms with Gasteiger partial charge in [-0.15, -0.1) is 0 Å². The van der Waals surface area contributed by atoms with Crippen molar-refractivity contribution in [3.05, 3.63) is 52.9 Å². The fraction of sp³-hybridized carbons (Fsp3) is 0.360. The molecule has 2 aromatic heterocycles. The summed E-state index contributed by atoms with van der Waals surface area (Å²) in [6.07, 6.45) is -0.244. The fourth-order valence-electron chi connectivity index (χ4n) is 4.58. The molecular weight excluding hydrogens is 513 g/mol. The number of rotatable bonds is 7. The maximum Gasteiger partial charge on any atom is 0.409 e. The average Bonchev–Trinajstić information content (AvgIpc) is 3.51. The second-order valence-electron chi connectivity index (χ2n) is 8.76. The molecule has 3 N–H and O–H groups in total. The summed E-state index contributed by atoms with van der Waals surface area (Å²) in [5.74, 6) is -0.144. The van der Waals surface area contributed by atoms with Crippen LogP contribution < -0.4 is 20.1 Å². The normalized spacial score (nSPS) is 19.3. The van der Waals surface area contributed by atoms with Crippen molar-refractivity contribution in [3.8, 4) is 22.8 Å². The second kappa shape index (κ2) is 10.1. The van der Waals surface area contributed by atoms with E-state index in [1.807, 2.05) is 0 Å². The zero-order valence-electron chi connectivity index (χ0n) is 19.7. The van der Waals surface area contributed by atoms with Gasteiger partial charge in [0, 0.05) is 30.5 Å². The van der Waals surface area contributed by atoms with E-state index < -0.39 is 24.5 Å². The third kappa shape index (κ3) is 5.05. The zero-order valence-corrected chi connectivity index (χ0v) is 20.5. The van der Waals surface area contributed by atoms with Crippen LogP contribution in [0, 0.1) is 0 Å². The van der Waals surface area contributed by atoms with Gasteiger partial charge in [-0.1, -0.05) is 17.7 Å². The van der Waals surface area contributed by atoms with Gasteiger partial charge in [-0.3, -0.25) is 9.78 Å². The standard InChI is InChI=1S/C25H24ClF3N4O4/c1-35-23-15(26)5-2-6-16(23)31-22-20-17(10-19(25(27,28)29)33-24(20)34)32-21(22)14-7-8-30-11-18(14)37-12-13-4-3-9-36-13/h2,5-8,11,13,19,31-32H,3-4,9-10,12H2,1H3,(H,33,34)/t13-,19-/m0/s1. The van der Waals surface area contributed by atoms with Crippen molar-refractivity contribution in [2.45, 2.75) is 37.6 Å². The summed E-state index contributed by atoms with van der Waals surface area (Å²) >= 11 is 6.28. The largest absolute Gasteiger partial charge is 0.493 e. The first kappa shape index (κ1) is 25.2. The predicted molar refractivity (Wildman–Crippen MR) is 131 cm³/mol. The lowest BCUT2D eigenvalue weighted by molar-refractivity contribution is -0.153. The molecule has 4 heterocycles. The molecular formula is C25H24ClF3N4O4. The summed E-state index contributed by atoms with van der Waals surface area (Å²) in [7, 11) is 1.44. The Labute approximate surface area is 215 Å². The van der Waals surface area contributed by atoms with Crippen molar-refractivity contribution >= 4 is 28.9 Å². The molecule has 0 bridgehead atoms. The first-order chi connectivity index (χ1) is 17.8. The van der Waals surface area contributed by atoms with Crippen LogP contribution in [0.25, 0.3) is 11.3 Å². The van der Waals surface area contributed by atoms with Gasteiger partial charge in [-0.05, 0) is 31.0 Å². The maximum atomic E-state index is 13.5. The Morgan fingerprint density at radius 2 is 2.14 bits per heavy atom. The molecule has 2 atom stereocenters. The third-order valence-corrected chi connectivity index (χ3v) is 6.64. The molecule has 8 nitrogen and oxygen atoms in total. The number of hydrogen-bond acceptors (Lipinski definition) is 6. The van der Waals surface area contributed by atoms with Gasteiger partial charge in [0.1, 0.15) is 18.4 Å². The molecule has 0 radical (unpaired) electrons. The number of nitrogens with zero attached hydrogens (tertiary/aromatic N) is 1. The van der Waals surface area contributed by atoms with Crippen LogP contribution >= 0.6 is 11.6 Å². The Bertz CT molecular complexity index is 1310. The van der Waals surface area contributed by atoms with Crippen molar-refractivity contribution in [2.75, 3.05) is 25.6 Å². The molecule has 1 amide bonds. The summed E-state index contributed by atoms with van der Waals surface area (Å²) in [6.45, 7) is 0.961. The minimum Gasteiger partial charge on any atom is -0.493 e. The molecule has 12 heteroatoms. The van der Waals surface area contributed by atoms with E-state index >= 15 is 0 Å². The van der Waals surface area contributed by atoms with Crippen molar-refractivity contribution < 1.29 is 32.2 Å². The van der Waals surface area contributed by atoms with E-state index in [0.29, 0.717) is 46.7 Å². The molecule has 37 heavy (non-hydrogen) atoms. The van der Waals surface area contributed by atoms with Crippen molar-refractivity contribution in [3.63, 3.8) is 0 Å². The van der Waals surface area contributed by atoms with Gasteiger partial charge in [0.2, 0.25) is 0 Å². The number of carbonyl (C=O) groups is 1. The van der Waals surface area contributed by atoms with Crippen LogP contribution in [-0.4, -0.2) is 54.5 Å². The van der Waals surface area contributed by atoms with Crippen molar-refractivity contribution in [1.29, 1.82) is 0 Å². The van der Waals surface area contributed by atoms with E-state index in [2.05, 4.69) is 20.6 Å². The summed E-state index contributed by atoms with van der Waals surface area (Å²) in [6, 6.07) is 4.67. The minimum absolute atomic E-state index is 0.0588. The first-order valence-electron chi connectivity index (χ1n) is 11.7. The molecule has 0 saturated carbocycles. The number of amides is 1. The number of para-hydroxylation sites is 1. The highest BCUT2D eigenvalue weighted by atomic mass is 35.5. The van der Waals surface area contributed by atoms with Gasteiger partial charge in [0.15, 0.2) is 5.75 Å². The average molecular weight is 537 g/mol. The number of ether oxygens (including phenoxy) is 3. The number of halogens is 4. The summed E-state index contributed by atoms with van der Waals surface area (Å²) in [5, 5.41) is 5.57. The van der Waals surface area contributed by atoms with Gasteiger partial charge < -0.3 is 29.8 Å². The Kier molecular flexibility index (Phi) is 6.91. The lowest BCUT2D eigenvalue weighted by Crippen LogP contribution is -2.50. The smallest absolute Gasteiger partial charge is 0.409 e. The van der Waals surface area contributed by atoms with E-state index in [1.165, 1.54) is 19.5 Å². The van der Waals surface area contributed by atoms with E-state index in [4.69, 9.17) is 25.8 Å². The van der Waals surface area contributed by atoms with Crippen LogP contribution in [0.4, 0.5) is 24.5 Å². The number of hydrogen-bond donors (Lipinski definition) is 3. The molecule has 2 aliphatic rings. The number of methoxy groups -OCH3 is 1. The summed E-state index contributed by atoms with van der Waals surface area (Å²) in [4.78, 5) is 20.2. The number of pyridine rings is 1. The number of benzene rings is 1. The molecule has 0 unspecified atom stereocenters. The van der Waals surface area contributed by atoms with Gasteiger partial charge in [-0.25, -0.2) is 0 Å². The van der Waals surface area contributed by atoms with E-state index in [9.17, 15) is 18.0 Å². The first-order valence-corrected chi connectivity index (χ1v) is 12.0. The Morgan fingerprint density at radius 1 is 1.30 bits per heavy atom. The molecule has 0 aliphatic carbocycles. The lowest BCUT2D eigenvalue weighted by Gasteiger charge is -2.26. The van der Waals surface area contributed by atoms with Crippen LogP contribution in [0.15, 0.2) is 36.7 Å². The van der Waals surface area contributed by atoms with Gasteiger partial charge in [0.05, 0.1) is 47.1 Å². The number of aromatic amines is 1. The fourth-order valence-corrected chi connectivity index (χ4v) is 4.83. The summed E-state index contributed by atoms with van der Waals surface area (Å²) in [5.41, 5.74) is 1.80. The zero-order chi connectivity index (χ0) is 26.2. The highest BCUT2D eigenvalue weighted by Gasteiger charge is 2.45. The highest BCUT2D eigenvalue weighted by Crippen LogP contribution is 2.44. The molecule has 3 aromatic rings. The molecule has 1 fully saturated rings. The van der Waals surface area contributed by atoms with Crippen LogP contribution in [0.2, 0.25) is 5.02 Å². The Morgan fingerprint density at radius 3 is 2.86 bits per heavy atom. The molecule has 2 aliphatic heterocycles. The molecule has 1 saturated heterocycles. The quantitative estimate of drug-likeness (QED) is 0.381. The van der Waals surface area contributed by atoms with E-state index in [0.717, 1.165) is 12.8 Å².